The zero-order chi connectivity index (χ0) is 26.1. The van der Waals surface area contributed by atoms with E-state index < -0.39 is 0 Å². The van der Waals surface area contributed by atoms with Crippen LogP contribution < -0.4 is 9.80 Å². The predicted molar refractivity (Wildman–Crippen MR) is 156 cm³/mol. The average Bonchev–Trinajstić information content (AvgIpc) is 2.94. The van der Waals surface area contributed by atoms with Crippen LogP contribution in [-0.2, 0) is 10.8 Å². The van der Waals surface area contributed by atoms with Crippen molar-refractivity contribution in [1.82, 2.24) is 9.97 Å². The van der Waals surface area contributed by atoms with E-state index in [1.807, 2.05) is 12.4 Å². The van der Waals surface area contributed by atoms with Crippen LogP contribution in [0.25, 0.3) is 0 Å². The molecule has 1 aromatic heterocycles. The van der Waals surface area contributed by atoms with Crippen molar-refractivity contribution >= 4 is 34.4 Å². The van der Waals surface area contributed by atoms with Gasteiger partial charge in [0.2, 0.25) is 5.95 Å². The van der Waals surface area contributed by atoms with Crippen LogP contribution in [0, 0.1) is 0 Å². The summed E-state index contributed by atoms with van der Waals surface area (Å²) in [7, 11) is 0. The first-order valence-electron chi connectivity index (χ1n) is 13.2. The van der Waals surface area contributed by atoms with Gasteiger partial charge in [0.05, 0.1) is 40.8 Å². The summed E-state index contributed by atoms with van der Waals surface area (Å²) in [6, 6.07) is 34.5. The molecule has 0 unspecified atom stereocenters. The third-order valence-electron chi connectivity index (χ3n) is 8.36. The van der Waals surface area contributed by atoms with E-state index in [1.165, 1.54) is 33.6 Å². The van der Waals surface area contributed by atoms with E-state index in [9.17, 15) is 0 Å². The summed E-state index contributed by atoms with van der Waals surface area (Å²) in [6.45, 7) is 9.18. The van der Waals surface area contributed by atoms with E-state index in [1.54, 1.807) is 0 Å². The highest BCUT2D eigenvalue weighted by Gasteiger charge is 2.38. The van der Waals surface area contributed by atoms with Gasteiger partial charge in [0, 0.05) is 10.8 Å². The van der Waals surface area contributed by atoms with Gasteiger partial charge in [-0.1, -0.05) is 100 Å². The third-order valence-corrected chi connectivity index (χ3v) is 8.36. The van der Waals surface area contributed by atoms with Crippen LogP contribution >= 0.6 is 0 Å². The van der Waals surface area contributed by atoms with E-state index in [-0.39, 0.29) is 10.8 Å². The lowest BCUT2D eigenvalue weighted by Crippen LogP contribution is -2.31. The normalized spacial score (nSPS) is 16.2. The van der Waals surface area contributed by atoms with Crippen molar-refractivity contribution in [3.63, 3.8) is 0 Å². The molecule has 0 spiro atoms. The molecular formula is C34H30N4. The maximum atomic E-state index is 4.98. The SMILES string of the molecule is CC1(C)c2ccccc2N(c2cnc(N3c4ccccc4C(C)(C)c4ccccc43)nc2)c2ccccc21. The smallest absolute Gasteiger partial charge is 0.234 e. The molecule has 0 N–H and O–H groups in total. The summed E-state index contributed by atoms with van der Waals surface area (Å²) in [5.41, 5.74) is 10.5. The molecule has 4 aromatic carbocycles. The second-order valence-corrected chi connectivity index (χ2v) is 11.2. The summed E-state index contributed by atoms with van der Waals surface area (Å²) in [4.78, 5) is 14.4. The zero-order valence-electron chi connectivity index (χ0n) is 22.2. The number of anilines is 6. The van der Waals surface area contributed by atoms with Crippen LogP contribution in [0.4, 0.5) is 34.4 Å². The second kappa shape index (κ2) is 8.03. The number of aromatic nitrogens is 2. The van der Waals surface area contributed by atoms with Gasteiger partial charge in [-0.05, 0) is 46.5 Å². The van der Waals surface area contributed by atoms with Crippen molar-refractivity contribution in [1.29, 1.82) is 0 Å². The second-order valence-electron chi connectivity index (χ2n) is 11.2. The molecule has 0 radical (unpaired) electrons. The molecule has 0 aliphatic carbocycles. The fourth-order valence-electron chi connectivity index (χ4n) is 6.38. The van der Waals surface area contributed by atoms with Crippen molar-refractivity contribution < 1.29 is 0 Å². The molecule has 0 saturated carbocycles. The monoisotopic (exact) mass is 494 g/mol. The standard InChI is InChI=1S/C34H30N4/c1-33(2)24-13-5-9-17-28(24)37(29-18-10-6-14-25(29)33)23-21-35-32(36-22-23)38-30-19-11-7-15-26(30)34(3,4)27-16-8-12-20-31(27)38/h5-22H,1-4H3. The predicted octanol–water partition coefficient (Wildman–Crippen LogP) is 8.69. The fourth-order valence-corrected chi connectivity index (χ4v) is 6.38. The molecule has 3 heterocycles. The Hall–Kier alpha value is -4.44. The lowest BCUT2D eigenvalue weighted by molar-refractivity contribution is 0.630. The Labute approximate surface area is 224 Å². The Kier molecular flexibility index (Phi) is 4.80. The highest BCUT2D eigenvalue weighted by molar-refractivity contribution is 5.86. The average molecular weight is 495 g/mol. The number of nitrogens with zero attached hydrogens (tertiary/aromatic N) is 4. The molecule has 0 atom stereocenters. The van der Waals surface area contributed by atoms with Crippen molar-refractivity contribution in [2.24, 2.45) is 0 Å². The van der Waals surface area contributed by atoms with E-state index in [0.717, 1.165) is 17.1 Å². The number of hydrogen-bond donors (Lipinski definition) is 0. The Morgan fingerprint density at radius 2 is 0.763 bits per heavy atom. The Balaban J connectivity index is 1.37. The zero-order valence-corrected chi connectivity index (χ0v) is 22.2. The molecule has 186 valence electrons. The summed E-state index contributed by atoms with van der Waals surface area (Å²) >= 11 is 0. The molecule has 0 amide bonds. The summed E-state index contributed by atoms with van der Waals surface area (Å²) < 4.78 is 0. The van der Waals surface area contributed by atoms with Gasteiger partial charge in [0.1, 0.15) is 0 Å². The summed E-state index contributed by atoms with van der Waals surface area (Å²) in [5, 5.41) is 0. The number of para-hydroxylation sites is 4. The number of rotatable bonds is 2. The number of hydrogen-bond acceptors (Lipinski definition) is 4. The van der Waals surface area contributed by atoms with E-state index in [4.69, 9.17) is 9.97 Å². The van der Waals surface area contributed by atoms with Crippen LogP contribution in [0.1, 0.15) is 49.9 Å². The van der Waals surface area contributed by atoms with Gasteiger partial charge in [-0.3, -0.25) is 4.90 Å². The molecule has 5 aromatic rings. The molecule has 2 aliphatic rings. The first-order chi connectivity index (χ1) is 18.4. The van der Waals surface area contributed by atoms with Crippen molar-refractivity contribution in [3.05, 3.63) is 132 Å². The highest BCUT2D eigenvalue weighted by Crippen LogP contribution is 2.53. The molecule has 0 fully saturated rings. The molecule has 7 rings (SSSR count). The molecule has 0 saturated heterocycles. The minimum absolute atomic E-state index is 0.0987. The van der Waals surface area contributed by atoms with Gasteiger partial charge in [0.25, 0.3) is 0 Å². The van der Waals surface area contributed by atoms with Gasteiger partial charge >= 0.3 is 0 Å². The molecule has 0 bridgehead atoms. The van der Waals surface area contributed by atoms with Gasteiger partial charge in [0.15, 0.2) is 0 Å². The lowest BCUT2D eigenvalue weighted by atomic mass is 9.73. The van der Waals surface area contributed by atoms with E-state index >= 15 is 0 Å². The van der Waals surface area contributed by atoms with Crippen LogP contribution in [0.5, 0.6) is 0 Å². The maximum absolute atomic E-state index is 4.98. The first kappa shape index (κ1) is 22.7. The molecule has 4 heteroatoms. The van der Waals surface area contributed by atoms with Crippen molar-refractivity contribution in [3.8, 4) is 0 Å². The topological polar surface area (TPSA) is 32.3 Å². The molecule has 4 nitrogen and oxygen atoms in total. The highest BCUT2D eigenvalue weighted by atomic mass is 15.3. The van der Waals surface area contributed by atoms with Crippen LogP contribution in [0.15, 0.2) is 109 Å². The van der Waals surface area contributed by atoms with Crippen LogP contribution in [0.3, 0.4) is 0 Å². The molecule has 38 heavy (non-hydrogen) atoms. The molecule has 2 aliphatic heterocycles. The minimum Gasteiger partial charge on any atom is -0.307 e. The largest absolute Gasteiger partial charge is 0.307 e. The Morgan fingerprint density at radius 1 is 0.447 bits per heavy atom. The number of benzene rings is 4. The maximum Gasteiger partial charge on any atom is 0.234 e. The number of fused-ring (bicyclic) bond motifs is 4. The van der Waals surface area contributed by atoms with Gasteiger partial charge in [-0.25, -0.2) is 9.97 Å². The summed E-state index contributed by atoms with van der Waals surface area (Å²) in [5.74, 6) is 0.669. The quantitative estimate of drug-likeness (QED) is 0.246. The van der Waals surface area contributed by atoms with Crippen LogP contribution in [-0.4, -0.2) is 9.97 Å². The van der Waals surface area contributed by atoms with Gasteiger partial charge in [-0.15, -0.1) is 0 Å². The Bertz CT molecular complexity index is 1460. The first-order valence-corrected chi connectivity index (χ1v) is 13.2. The van der Waals surface area contributed by atoms with Crippen LogP contribution in [0.2, 0.25) is 0 Å². The molecular weight excluding hydrogens is 464 g/mol. The minimum atomic E-state index is -0.113. The van der Waals surface area contributed by atoms with E-state index in [2.05, 4.69) is 135 Å². The van der Waals surface area contributed by atoms with Crippen molar-refractivity contribution in [2.45, 2.75) is 38.5 Å². The van der Waals surface area contributed by atoms with Gasteiger partial charge < -0.3 is 4.90 Å². The van der Waals surface area contributed by atoms with E-state index in [0.29, 0.717) is 5.95 Å². The lowest BCUT2D eigenvalue weighted by Gasteiger charge is -2.42. The fraction of sp³-hybridized carbons (Fsp3) is 0.176. The van der Waals surface area contributed by atoms with Gasteiger partial charge in [-0.2, -0.15) is 0 Å². The Morgan fingerprint density at radius 3 is 1.13 bits per heavy atom. The third kappa shape index (κ3) is 3.10. The van der Waals surface area contributed by atoms with Crippen molar-refractivity contribution in [2.75, 3.05) is 9.80 Å². The summed E-state index contributed by atoms with van der Waals surface area (Å²) in [6.07, 6.45) is 3.92.